The maximum atomic E-state index is 13.4. The van der Waals surface area contributed by atoms with Gasteiger partial charge in [-0.3, -0.25) is 4.79 Å². The summed E-state index contributed by atoms with van der Waals surface area (Å²) in [6, 6.07) is 2.33. The smallest absolute Gasteiger partial charge is 0.347 e. The van der Waals surface area contributed by atoms with Crippen molar-refractivity contribution >= 4 is 11.6 Å². The first-order chi connectivity index (χ1) is 14.2. The molecule has 0 radical (unpaired) electrons. The summed E-state index contributed by atoms with van der Waals surface area (Å²) in [6.45, 7) is 3.59. The van der Waals surface area contributed by atoms with E-state index in [2.05, 4.69) is 22.3 Å². The molecule has 0 aromatic carbocycles. The van der Waals surface area contributed by atoms with Gasteiger partial charge < -0.3 is 5.32 Å². The van der Waals surface area contributed by atoms with Gasteiger partial charge in [0.1, 0.15) is 5.69 Å². The Bertz CT molecular complexity index is 961. The van der Waals surface area contributed by atoms with Gasteiger partial charge >= 0.3 is 6.18 Å². The SMILES string of the molecule is CCC(NC(=O)c1cc2nc(C)cc(C(F)(F)F)n2n1)C12CC3CC(CC(C3)C1)C2. The molecule has 1 amide bonds. The second-order valence-electron chi connectivity index (χ2n) is 9.79. The van der Waals surface area contributed by atoms with Crippen LogP contribution in [0, 0.1) is 30.1 Å². The molecule has 1 N–H and O–H groups in total. The van der Waals surface area contributed by atoms with E-state index in [0.29, 0.717) is 0 Å². The second-order valence-corrected chi connectivity index (χ2v) is 9.79. The number of hydrogen-bond acceptors (Lipinski definition) is 3. The lowest BCUT2D eigenvalue weighted by molar-refractivity contribution is -0.142. The number of amides is 1. The van der Waals surface area contributed by atoms with Gasteiger partial charge in [0, 0.05) is 17.8 Å². The Morgan fingerprint density at radius 1 is 1.20 bits per heavy atom. The number of rotatable bonds is 4. The number of fused-ring (bicyclic) bond motifs is 1. The fraction of sp³-hybridized carbons (Fsp3) is 0.682. The lowest BCUT2D eigenvalue weighted by Gasteiger charge is -2.59. The predicted octanol–water partition coefficient (Wildman–Crippen LogP) is 4.78. The van der Waals surface area contributed by atoms with Crippen LogP contribution >= 0.6 is 0 Å². The summed E-state index contributed by atoms with van der Waals surface area (Å²) in [5.41, 5.74) is -0.527. The van der Waals surface area contributed by atoms with Gasteiger partial charge in [0.05, 0.1) is 0 Å². The van der Waals surface area contributed by atoms with E-state index in [0.717, 1.165) is 54.0 Å². The number of alkyl halides is 3. The molecule has 0 spiro atoms. The molecular formula is C22H27F3N4O. The van der Waals surface area contributed by atoms with Crippen LogP contribution in [0.15, 0.2) is 12.1 Å². The molecular weight excluding hydrogens is 393 g/mol. The van der Waals surface area contributed by atoms with Crippen LogP contribution in [-0.4, -0.2) is 26.5 Å². The number of aromatic nitrogens is 3. The Morgan fingerprint density at radius 2 is 1.80 bits per heavy atom. The fourth-order valence-corrected chi connectivity index (χ4v) is 6.94. The lowest BCUT2D eigenvalue weighted by Crippen LogP contribution is -2.56. The van der Waals surface area contributed by atoms with Crippen molar-refractivity contribution in [1.29, 1.82) is 0 Å². The molecule has 4 bridgehead atoms. The maximum absolute atomic E-state index is 13.4. The van der Waals surface area contributed by atoms with Gasteiger partial charge in [0.25, 0.3) is 5.91 Å². The summed E-state index contributed by atoms with van der Waals surface area (Å²) < 4.78 is 40.9. The Morgan fingerprint density at radius 3 is 2.33 bits per heavy atom. The second kappa shape index (κ2) is 6.69. The Kier molecular flexibility index (Phi) is 4.42. The summed E-state index contributed by atoms with van der Waals surface area (Å²) in [4.78, 5) is 17.2. The topological polar surface area (TPSA) is 59.3 Å². The van der Waals surface area contributed by atoms with E-state index in [9.17, 15) is 18.0 Å². The summed E-state index contributed by atoms with van der Waals surface area (Å²) >= 11 is 0. The van der Waals surface area contributed by atoms with Crippen LogP contribution in [0.2, 0.25) is 0 Å². The van der Waals surface area contributed by atoms with Gasteiger partial charge in [-0.15, -0.1) is 0 Å². The molecule has 5 nitrogen and oxygen atoms in total. The molecule has 30 heavy (non-hydrogen) atoms. The molecule has 1 unspecified atom stereocenters. The van der Waals surface area contributed by atoms with Crippen molar-refractivity contribution in [2.45, 2.75) is 71.0 Å². The number of hydrogen-bond donors (Lipinski definition) is 1. The van der Waals surface area contributed by atoms with Crippen molar-refractivity contribution in [1.82, 2.24) is 19.9 Å². The molecule has 2 aromatic rings. The zero-order valence-corrected chi connectivity index (χ0v) is 17.3. The van der Waals surface area contributed by atoms with Crippen LogP contribution in [-0.2, 0) is 6.18 Å². The van der Waals surface area contributed by atoms with Crippen LogP contribution in [0.1, 0.15) is 73.7 Å². The molecule has 162 valence electrons. The Balaban J connectivity index is 1.43. The van der Waals surface area contributed by atoms with Gasteiger partial charge in [0.15, 0.2) is 11.3 Å². The largest absolute Gasteiger partial charge is 0.433 e. The van der Waals surface area contributed by atoms with Crippen LogP contribution in [0.4, 0.5) is 13.2 Å². The summed E-state index contributed by atoms with van der Waals surface area (Å²) in [7, 11) is 0. The molecule has 2 heterocycles. The van der Waals surface area contributed by atoms with E-state index < -0.39 is 17.8 Å². The van der Waals surface area contributed by atoms with Gasteiger partial charge in [-0.2, -0.15) is 18.3 Å². The number of nitrogens with zero attached hydrogens (tertiary/aromatic N) is 3. The van der Waals surface area contributed by atoms with Crippen LogP contribution in [0.3, 0.4) is 0 Å². The molecule has 1 atom stereocenters. The molecule has 0 saturated heterocycles. The minimum absolute atomic E-state index is 0.0122. The van der Waals surface area contributed by atoms with Crippen molar-refractivity contribution in [2.24, 2.45) is 23.2 Å². The predicted molar refractivity (Wildman–Crippen MR) is 105 cm³/mol. The monoisotopic (exact) mass is 420 g/mol. The highest BCUT2D eigenvalue weighted by molar-refractivity contribution is 5.93. The van der Waals surface area contributed by atoms with Crippen molar-refractivity contribution in [2.75, 3.05) is 0 Å². The first kappa shape index (κ1) is 19.8. The standard InChI is InChI=1S/C22H27F3N4O/c1-3-17(21-9-13-5-14(10-21)7-15(6-13)11-21)27-20(30)16-8-19-26-12(2)4-18(22(23,24)25)29(19)28-16/h4,8,13-15,17H,3,5-7,9-11H2,1-2H3,(H,27,30). The van der Waals surface area contributed by atoms with Crippen molar-refractivity contribution in [3.8, 4) is 0 Å². The van der Waals surface area contributed by atoms with Crippen LogP contribution in [0.5, 0.6) is 0 Å². The fourth-order valence-electron chi connectivity index (χ4n) is 6.94. The van der Waals surface area contributed by atoms with Crippen molar-refractivity contribution in [3.63, 3.8) is 0 Å². The minimum atomic E-state index is -4.57. The zero-order chi connectivity index (χ0) is 21.3. The molecule has 4 aliphatic carbocycles. The normalized spacial score (nSPS) is 31.3. The molecule has 8 heteroatoms. The van der Waals surface area contributed by atoms with Gasteiger partial charge in [-0.1, -0.05) is 6.92 Å². The van der Waals surface area contributed by atoms with E-state index in [1.54, 1.807) is 0 Å². The number of carbonyl (C=O) groups is 1. The average molecular weight is 420 g/mol. The first-order valence-electron chi connectivity index (χ1n) is 10.9. The molecule has 4 saturated carbocycles. The number of nitrogens with one attached hydrogen (secondary N) is 1. The van der Waals surface area contributed by atoms with Crippen LogP contribution < -0.4 is 5.32 Å². The van der Waals surface area contributed by atoms with E-state index in [-0.39, 0.29) is 28.5 Å². The third-order valence-corrected chi connectivity index (χ3v) is 7.62. The van der Waals surface area contributed by atoms with Gasteiger partial charge in [-0.25, -0.2) is 9.50 Å². The number of halogens is 3. The lowest BCUT2D eigenvalue weighted by atomic mass is 9.47. The zero-order valence-electron chi connectivity index (χ0n) is 17.3. The highest BCUT2D eigenvalue weighted by atomic mass is 19.4. The molecule has 2 aromatic heterocycles. The maximum Gasteiger partial charge on any atom is 0.433 e. The van der Waals surface area contributed by atoms with E-state index in [1.807, 2.05) is 0 Å². The number of aryl methyl sites for hydroxylation is 1. The van der Waals surface area contributed by atoms with E-state index >= 15 is 0 Å². The quantitative estimate of drug-likeness (QED) is 0.774. The minimum Gasteiger partial charge on any atom is -0.347 e. The van der Waals surface area contributed by atoms with E-state index in [4.69, 9.17) is 0 Å². The molecule has 4 aliphatic rings. The summed E-state index contributed by atoms with van der Waals surface area (Å²) in [5.74, 6) is 1.88. The molecule has 6 rings (SSSR count). The molecule has 0 aliphatic heterocycles. The highest BCUT2D eigenvalue weighted by Crippen LogP contribution is 2.61. The average Bonchev–Trinajstić information content (AvgIpc) is 3.07. The molecule has 4 fully saturated rings. The van der Waals surface area contributed by atoms with Gasteiger partial charge in [-0.05, 0) is 81.1 Å². The third-order valence-electron chi connectivity index (χ3n) is 7.62. The Labute approximate surface area is 173 Å². The summed E-state index contributed by atoms with van der Waals surface area (Å²) in [6.07, 6.45) is 3.67. The third kappa shape index (κ3) is 3.19. The summed E-state index contributed by atoms with van der Waals surface area (Å²) in [5, 5.41) is 7.13. The van der Waals surface area contributed by atoms with Crippen LogP contribution in [0.25, 0.3) is 5.65 Å². The highest BCUT2D eigenvalue weighted by Gasteiger charge is 2.54. The van der Waals surface area contributed by atoms with Gasteiger partial charge in [0.2, 0.25) is 0 Å². The Hall–Kier alpha value is -2.12. The van der Waals surface area contributed by atoms with E-state index in [1.165, 1.54) is 32.3 Å². The van der Waals surface area contributed by atoms with Crippen molar-refractivity contribution < 1.29 is 18.0 Å². The first-order valence-corrected chi connectivity index (χ1v) is 10.9. The number of carbonyl (C=O) groups excluding carboxylic acids is 1. The van der Waals surface area contributed by atoms with Crippen molar-refractivity contribution in [3.05, 3.63) is 29.2 Å².